The summed E-state index contributed by atoms with van der Waals surface area (Å²) in [6.07, 6.45) is 0.251. The number of rotatable bonds is 4. The molecular weight excluding hydrogens is 258 g/mol. The molecular formula is C10H10BrN3O. The third-order valence-corrected chi connectivity index (χ3v) is 2.28. The highest BCUT2D eigenvalue weighted by Gasteiger charge is 2.02. The molecule has 1 aromatic carbocycles. The maximum absolute atomic E-state index is 10.5. The summed E-state index contributed by atoms with van der Waals surface area (Å²) in [6.45, 7) is 0.436. The first kappa shape index (κ1) is 11.5. The highest BCUT2D eigenvalue weighted by molar-refractivity contribution is 9.10. The Hall–Kier alpha value is -1.54. The molecule has 1 rings (SSSR count). The second kappa shape index (κ2) is 5.37. The van der Waals surface area contributed by atoms with Crippen molar-refractivity contribution in [2.24, 2.45) is 5.73 Å². The van der Waals surface area contributed by atoms with Crippen molar-refractivity contribution in [1.29, 1.82) is 5.26 Å². The number of nitrogens with two attached hydrogens (primary N) is 1. The predicted octanol–water partition coefficient (Wildman–Crippen LogP) is 1.61. The lowest BCUT2D eigenvalue weighted by atomic mass is 10.2. The van der Waals surface area contributed by atoms with Gasteiger partial charge in [0.15, 0.2) is 0 Å². The van der Waals surface area contributed by atoms with Crippen molar-refractivity contribution in [3.05, 3.63) is 28.2 Å². The molecule has 0 atom stereocenters. The highest BCUT2D eigenvalue weighted by Crippen LogP contribution is 2.19. The van der Waals surface area contributed by atoms with E-state index in [4.69, 9.17) is 11.0 Å². The number of amides is 1. The van der Waals surface area contributed by atoms with E-state index in [2.05, 4.69) is 27.3 Å². The highest BCUT2D eigenvalue weighted by atomic mass is 79.9. The molecule has 0 bridgehead atoms. The number of hydrogen-bond donors (Lipinski definition) is 2. The van der Waals surface area contributed by atoms with Crippen molar-refractivity contribution >= 4 is 27.5 Å². The molecule has 0 unspecified atom stereocenters. The third-order valence-electron chi connectivity index (χ3n) is 1.79. The summed E-state index contributed by atoms with van der Waals surface area (Å²) in [5.41, 5.74) is 6.25. The van der Waals surface area contributed by atoms with Gasteiger partial charge in [-0.05, 0) is 18.2 Å². The van der Waals surface area contributed by atoms with Crippen molar-refractivity contribution in [3.8, 4) is 6.07 Å². The maximum Gasteiger partial charge on any atom is 0.219 e. The monoisotopic (exact) mass is 267 g/mol. The summed E-state index contributed by atoms with van der Waals surface area (Å²) in [5.74, 6) is -0.363. The zero-order chi connectivity index (χ0) is 11.3. The van der Waals surface area contributed by atoms with Crippen LogP contribution in [0.5, 0.6) is 0 Å². The minimum atomic E-state index is -0.363. The van der Waals surface area contributed by atoms with Gasteiger partial charge in [0.2, 0.25) is 5.91 Å². The van der Waals surface area contributed by atoms with Crippen molar-refractivity contribution in [2.75, 3.05) is 11.9 Å². The molecule has 1 amide bonds. The van der Waals surface area contributed by atoms with Gasteiger partial charge in [0.25, 0.3) is 0 Å². The number of carbonyl (C=O) groups excluding carboxylic acids is 1. The van der Waals surface area contributed by atoms with E-state index in [1.165, 1.54) is 0 Å². The van der Waals surface area contributed by atoms with E-state index in [0.29, 0.717) is 17.8 Å². The lowest BCUT2D eigenvalue weighted by Gasteiger charge is -2.06. The summed E-state index contributed by atoms with van der Waals surface area (Å²) in [6, 6.07) is 7.39. The molecule has 1 aromatic rings. The number of carbonyl (C=O) groups is 1. The molecule has 5 heteroatoms. The third kappa shape index (κ3) is 3.60. The second-order valence-electron chi connectivity index (χ2n) is 2.94. The number of halogens is 1. The summed E-state index contributed by atoms with van der Waals surface area (Å²) in [5, 5.41) is 11.8. The van der Waals surface area contributed by atoms with E-state index < -0.39 is 0 Å². The van der Waals surface area contributed by atoms with Crippen molar-refractivity contribution in [1.82, 2.24) is 0 Å². The molecule has 0 aliphatic heterocycles. The minimum absolute atomic E-state index is 0.251. The standard InChI is InChI=1S/C10H10BrN3O/c11-8-1-2-9(7(5-8)6-12)14-4-3-10(13)15/h1-2,5,14H,3-4H2,(H2,13,15). The van der Waals surface area contributed by atoms with Crippen LogP contribution in [0.25, 0.3) is 0 Å². The van der Waals surface area contributed by atoms with Gasteiger partial charge in [-0.2, -0.15) is 5.26 Å². The maximum atomic E-state index is 10.5. The molecule has 3 N–H and O–H groups in total. The zero-order valence-electron chi connectivity index (χ0n) is 7.96. The smallest absolute Gasteiger partial charge is 0.219 e. The molecule has 0 aliphatic rings. The van der Waals surface area contributed by atoms with E-state index in [1.54, 1.807) is 12.1 Å². The quantitative estimate of drug-likeness (QED) is 0.870. The molecule has 0 heterocycles. The van der Waals surface area contributed by atoms with Crippen LogP contribution >= 0.6 is 15.9 Å². The summed E-state index contributed by atoms with van der Waals surface area (Å²) < 4.78 is 0.847. The normalized spacial score (nSPS) is 9.33. The fourth-order valence-electron chi connectivity index (χ4n) is 1.08. The summed E-state index contributed by atoms with van der Waals surface area (Å²) in [7, 11) is 0. The van der Waals surface area contributed by atoms with Crippen molar-refractivity contribution in [3.63, 3.8) is 0 Å². The SMILES string of the molecule is N#Cc1cc(Br)ccc1NCCC(N)=O. The van der Waals surface area contributed by atoms with Gasteiger partial charge in [0, 0.05) is 17.4 Å². The van der Waals surface area contributed by atoms with Gasteiger partial charge in [-0.25, -0.2) is 0 Å². The van der Waals surface area contributed by atoms with Crippen LogP contribution in [0.15, 0.2) is 22.7 Å². The largest absolute Gasteiger partial charge is 0.383 e. The van der Waals surface area contributed by atoms with E-state index in [-0.39, 0.29) is 12.3 Å². The predicted molar refractivity (Wildman–Crippen MR) is 61.2 cm³/mol. The molecule has 0 aromatic heterocycles. The fourth-order valence-corrected chi connectivity index (χ4v) is 1.44. The van der Waals surface area contributed by atoms with E-state index in [0.717, 1.165) is 4.47 Å². The number of nitrogens with zero attached hydrogens (tertiary/aromatic N) is 1. The molecule has 78 valence electrons. The van der Waals surface area contributed by atoms with Gasteiger partial charge >= 0.3 is 0 Å². The Morgan fingerprint density at radius 3 is 2.93 bits per heavy atom. The lowest BCUT2D eigenvalue weighted by Crippen LogP contribution is -2.16. The first-order chi connectivity index (χ1) is 7.13. The van der Waals surface area contributed by atoms with Gasteiger partial charge in [-0.15, -0.1) is 0 Å². The fraction of sp³-hybridized carbons (Fsp3) is 0.200. The van der Waals surface area contributed by atoms with E-state index >= 15 is 0 Å². The Labute approximate surface area is 96.2 Å². The van der Waals surface area contributed by atoms with Crippen LogP contribution in [-0.4, -0.2) is 12.5 Å². The molecule has 0 spiro atoms. The van der Waals surface area contributed by atoms with E-state index in [9.17, 15) is 4.79 Å². The number of anilines is 1. The van der Waals surface area contributed by atoms with Crippen LogP contribution in [0.1, 0.15) is 12.0 Å². The Kier molecular flexibility index (Phi) is 4.13. The van der Waals surface area contributed by atoms with Crippen LogP contribution in [0, 0.1) is 11.3 Å². The van der Waals surface area contributed by atoms with Gasteiger partial charge in [-0.3, -0.25) is 4.79 Å². The Morgan fingerprint density at radius 1 is 1.60 bits per heavy atom. The Morgan fingerprint density at radius 2 is 2.33 bits per heavy atom. The molecule has 0 saturated heterocycles. The van der Waals surface area contributed by atoms with Crippen molar-refractivity contribution < 1.29 is 4.79 Å². The number of nitrogens with one attached hydrogen (secondary N) is 1. The van der Waals surface area contributed by atoms with Crippen LogP contribution in [-0.2, 0) is 4.79 Å². The molecule has 15 heavy (non-hydrogen) atoms. The van der Waals surface area contributed by atoms with Crippen LogP contribution < -0.4 is 11.1 Å². The first-order valence-electron chi connectivity index (χ1n) is 4.35. The second-order valence-corrected chi connectivity index (χ2v) is 3.86. The van der Waals surface area contributed by atoms with Crippen LogP contribution in [0.3, 0.4) is 0 Å². The molecule has 4 nitrogen and oxygen atoms in total. The Balaban J connectivity index is 2.69. The minimum Gasteiger partial charge on any atom is -0.383 e. The van der Waals surface area contributed by atoms with Gasteiger partial charge in [0.05, 0.1) is 11.3 Å². The molecule has 0 aliphatic carbocycles. The summed E-state index contributed by atoms with van der Waals surface area (Å²) >= 11 is 3.28. The van der Waals surface area contributed by atoms with Crippen LogP contribution in [0.4, 0.5) is 5.69 Å². The van der Waals surface area contributed by atoms with Crippen molar-refractivity contribution in [2.45, 2.75) is 6.42 Å². The Bertz CT molecular complexity index is 412. The topological polar surface area (TPSA) is 78.9 Å². The average molecular weight is 268 g/mol. The molecule has 0 fully saturated rings. The number of hydrogen-bond acceptors (Lipinski definition) is 3. The van der Waals surface area contributed by atoms with Gasteiger partial charge < -0.3 is 11.1 Å². The number of nitriles is 1. The van der Waals surface area contributed by atoms with Gasteiger partial charge in [0.1, 0.15) is 6.07 Å². The summed E-state index contributed by atoms with van der Waals surface area (Å²) in [4.78, 5) is 10.5. The first-order valence-corrected chi connectivity index (χ1v) is 5.14. The molecule has 0 radical (unpaired) electrons. The zero-order valence-corrected chi connectivity index (χ0v) is 9.54. The number of primary amides is 1. The lowest BCUT2D eigenvalue weighted by molar-refractivity contribution is -0.117. The number of benzene rings is 1. The van der Waals surface area contributed by atoms with Gasteiger partial charge in [-0.1, -0.05) is 15.9 Å². The average Bonchev–Trinajstić information content (AvgIpc) is 2.19. The molecule has 0 saturated carbocycles. The van der Waals surface area contributed by atoms with Crippen LogP contribution in [0.2, 0.25) is 0 Å². The van der Waals surface area contributed by atoms with E-state index in [1.807, 2.05) is 6.07 Å².